The number of piperazine rings is 1. The monoisotopic (exact) mass is 522 g/mol. The van der Waals surface area contributed by atoms with E-state index in [0.29, 0.717) is 47.8 Å². The van der Waals surface area contributed by atoms with Crippen LogP contribution in [0.4, 0.5) is 0 Å². The van der Waals surface area contributed by atoms with E-state index in [1.807, 2.05) is 42.3 Å². The third-order valence-electron chi connectivity index (χ3n) is 7.32. The van der Waals surface area contributed by atoms with Crippen molar-refractivity contribution in [1.82, 2.24) is 20.1 Å². The molecule has 1 aliphatic carbocycles. The molecule has 2 aromatic carbocycles. The number of carboxylic acids is 1. The molecule has 1 saturated heterocycles. The van der Waals surface area contributed by atoms with Crippen molar-refractivity contribution in [3.8, 4) is 5.75 Å². The molecule has 194 valence electrons. The van der Waals surface area contributed by atoms with Gasteiger partial charge in [0.15, 0.2) is 0 Å². The first kappa shape index (κ1) is 25.2. The van der Waals surface area contributed by atoms with Crippen LogP contribution in [0.3, 0.4) is 0 Å². The highest BCUT2D eigenvalue weighted by Gasteiger charge is 2.45. The van der Waals surface area contributed by atoms with Crippen LogP contribution in [0.15, 0.2) is 36.4 Å². The first-order valence-corrected chi connectivity index (χ1v) is 13.1. The van der Waals surface area contributed by atoms with Crippen molar-refractivity contribution in [3.63, 3.8) is 0 Å². The maximum absolute atomic E-state index is 13.3. The van der Waals surface area contributed by atoms with Crippen LogP contribution in [0, 0.1) is 5.41 Å². The van der Waals surface area contributed by atoms with Crippen molar-refractivity contribution in [1.29, 1.82) is 0 Å². The van der Waals surface area contributed by atoms with Crippen LogP contribution < -0.4 is 10.1 Å². The number of thiazole rings is 1. The Hall–Kier alpha value is -3.50. The van der Waals surface area contributed by atoms with Crippen LogP contribution in [0.5, 0.6) is 5.75 Å². The zero-order valence-electron chi connectivity index (χ0n) is 21.0. The molecule has 0 bridgehead atoms. The molecule has 1 aromatic heterocycles. The molecule has 0 radical (unpaired) electrons. The first-order valence-electron chi connectivity index (χ1n) is 12.3. The molecule has 9 nitrogen and oxygen atoms in total. The minimum atomic E-state index is -1.02. The number of methoxy groups -OCH3 is 1. The lowest BCUT2D eigenvalue weighted by atomic mass is 9.80. The quantitative estimate of drug-likeness (QED) is 0.491. The number of aromatic nitrogens is 1. The smallest absolute Gasteiger partial charge is 0.304 e. The molecule has 5 rings (SSSR count). The zero-order chi connectivity index (χ0) is 26.2. The molecule has 0 atom stereocenters. The number of benzene rings is 2. The molecule has 3 aromatic rings. The van der Waals surface area contributed by atoms with E-state index >= 15 is 0 Å². The van der Waals surface area contributed by atoms with Gasteiger partial charge in [-0.05, 0) is 37.1 Å². The van der Waals surface area contributed by atoms with Crippen molar-refractivity contribution in [2.75, 3.05) is 40.3 Å². The fraction of sp³-hybridized carbons (Fsp3) is 0.407. The van der Waals surface area contributed by atoms with Gasteiger partial charge < -0.3 is 25.0 Å². The minimum Gasteiger partial charge on any atom is -0.496 e. The van der Waals surface area contributed by atoms with Crippen molar-refractivity contribution in [2.24, 2.45) is 5.41 Å². The Morgan fingerprint density at radius 3 is 2.41 bits per heavy atom. The molecule has 2 N–H and O–H groups in total. The summed E-state index contributed by atoms with van der Waals surface area (Å²) in [5.41, 5.74) is 2.16. The fourth-order valence-electron chi connectivity index (χ4n) is 5.29. The number of nitrogens with zero attached hydrogens (tertiary/aromatic N) is 3. The number of ether oxygens (including phenoxy) is 1. The van der Waals surface area contributed by atoms with Crippen LogP contribution in [-0.2, 0) is 29.0 Å². The van der Waals surface area contributed by atoms with Gasteiger partial charge in [0.2, 0.25) is 5.91 Å². The summed E-state index contributed by atoms with van der Waals surface area (Å²) in [6.45, 7) is 3.15. The number of carboxylic acid groups (broad SMARTS) is 1. The largest absolute Gasteiger partial charge is 0.496 e. The number of aliphatic carboxylic acids is 1. The molecule has 0 unspecified atom stereocenters. The highest BCUT2D eigenvalue weighted by atomic mass is 32.1. The fourth-order valence-corrected chi connectivity index (χ4v) is 6.20. The summed E-state index contributed by atoms with van der Waals surface area (Å²) in [6, 6.07) is 11.3. The second kappa shape index (κ2) is 10.1. The molecule has 10 heteroatoms. The lowest BCUT2D eigenvalue weighted by Crippen LogP contribution is -2.47. The predicted octanol–water partition coefficient (Wildman–Crippen LogP) is 2.57. The van der Waals surface area contributed by atoms with Gasteiger partial charge >= 0.3 is 5.97 Å². The third kappa shape index (κ3) is 5.03. The zero-order valence-corrected chi connectivity index (χ0v) is 21.8. The van der Waals surface area contributed by atoms with E-state index < -0.39 is 11.4 Å². The van der Waals surface area contributed by atoms with Gasteiger partial charge in [-0.1, -0.05) is 24.3 Å². The number of carbonyl (C=O) groups excluding carboxylic acids is 2. The SMILES string of the molecule is COc1cc2sc(CNC(=O)C3(CC(=O)O)Cc4ccccc4C3)nc2cc1C(=O)N1CCN(C)CC1. The molecule has 1 aliphatic heterocycles. The Kier molecular flexibility index (Phi) is 6.87. The van der Waals surface area contributed by atoms with Crippen molar-refractivity contribution < 1.29 is 24.2 Å². The van der Waals surface area contributed by atoms with Gasteiger partial charge in [0.1, 0.15) is 10.8 Å². The second-order valence-corrected chi connectivity index (χ2v) is 11.0. The van der Waals surface area contributed by atoms with Crippen molar-refractivity contribution in [2.45, 2.75) is 25.8 Å². The maximum Gasteiger partial charge on any atom is 0.304 e. The maximum atomic E-state index is 13.3. The standard InChI is InChI=1S/C27H30N4O5S/c1-30-7-9-31(10-8-30)25(34)19-11-20-22(12-21(19)36-2)37-23(29-20)16-28-26(35)27(15-24(32)33)13-17-5-3-4-6-18(17)14-27/h3-6,11-12H,7-10,13-16H2,1-2H3,(H,28,35)(H,32,33). The number of carbonyl (C=O) groups is 3. The van der Waals surface area contributed by atoms with E-state index in [9.17, 15) is 19.5 Å². The molecule has 37 heavy (non-hydrogen) atoms. The van der Waals surface area contributed by atoms with Crippen LogP contribution in [0.2, 0.25) is 0 Å². The minimum absolute atomic E-state index is 0.0777. The van der Waals surface area contributed by atoms with Gasteiger partial charge in [-0.2, -0.15) is 0 Å². The lowest BCUT2D eigenvalue weighted by Gasteiger charge is -2.32. The molecule has 0 saturated carbocycles. The Balaban J connectivity index is 1.33. The summed E-state index contributed by atoms with van der Waals surface area (Å²) >= 11 is 1.41. The number of hydrogen-bond acceptors (Lipinski definition) is 7. The topological polar surface area (TPSA) is 112 Å². The molecule has 2 amide bonds. The van der Waals surface area contributed by atoms with Gasteiger partial charge in [0.05, 0.1) is 41.3 Å². The lowest BCUT2D eigenvalue weighted by molar-refractivity contribution is -0.145. The van der Waals surface area contributed by atoms with E-state index in [2.05, 4.69) is 15.2 Å². The number of hydrogen-bond donors (Lipinski definition) is 2. The van der Waals surface area contributed by atoms with Gasteiger partial charge in [-0.3, -0.25) is 14.4 Å². The Morgan fingerprint density at radius 2 is 1.78 bits per heavy atom. The van der Waals surface area contributed by atoms with Crippen molar-refractivity contribution in [3.05, 3.63) is 58.1 Å². The number of amides is 2. The van der Waals surface area contributed by atoms with Crippen LogP contribution in [-0.4, -0.2) is 78.0 Å². The summed E-state index contributed by atoms with van der Waals surface area (Å²) in [6.07, 6.45) is 0.564. The summed E-state index contributed by atoms with van der Waals surface area (Å²) in [5, 5.41) is 13.2. The van der Waals surface area contributed by atoms with E-state index in [0.717, 1.165) is 28.9 Å². The van der Waals surface area contributed by atoms with Crippen LogP contribution in [0.1, 0.15) is 32.9 Å². The van der Waals surface area contributed by atoms with E-state index in [1.165, 1.54) is 11.3 Å². The summed E-state index contributed by atoms with van der Waals surface area (Å²) < 4.78 is 6.39. The normalized spacial score (nSPS) is 17.0. The average Bonchev–Trinajstić information content (AvgIpc) is 3.46. The number of fused-ring (bicyclic) bond motifs is 2. The second-order valence-electron chi connectivity index (χ2n) is 9.88. The third-order valence-corrected chi connectivity index (χ3v) is 8.34. The number of nitrogens with one attached hydrogen (secondary N) is 1. The number of likely N-dealkylation sites (N-methyl/N-ethyl adjacent to an activating group) is 1. The van der Waals surface area contributed by atoms with E-state index in [4.69, 9.17) is 4.74 Å². The Labute approximate surface area is 219 Å². The average molecular weight is 523 g/mol. The Morgan fingerprint density at radius 1 is 1.11 bits per heavy atom. The highest BCUT2D eigenvalue weighted by molar-refractivity contribution is 7.18. The van der Waals surface area contributed by atoms with Gasteiger partial charge in [-0.15, -0.1) is 11.3 Å². The summed E-state index contributed by atoms with van der Waals surface area (Å²) in [4.78, 5) is 46.9. The van der Waals surface area contributed by atoms with E-state index in [1.54, 1.807) is 13.2 Å². The molecule has 0 spiro atoms. The summed E-state index contributed by atoms with van der Waals surface area (Å²) in [7, 11) is 3.59. The molecular formula is C27H30N4O5S. The van der Waals surface area contributed by atoms with Gasteiger partial charge in [-0.25, -0.2) is 4.98 Å². The predicted molar refractivity (Wildman–Crippen MR) is 140 cm³/mol. The summed E-state index contributed by atoms with van der Waals surface area (Å²) in [5.74, 6) is -0.854. The first-order chi connectivity index (χ1) is 17.8. The molecule has 2 heterocycles. The molecule has 1 fully saturated rings. The molecule has 2 aliphatic rings. The van der Waals surface area contributed by atoms with Crippen LogP contribution >= 0.6 is 11.3 Å². The number of rotatable bonds is 7. The van der Waals surface area contributed by atoms with Crippen molar-refractivity contribution >= 4 is 39.3 Å². The Bertz CT molecular complexity index is 1340. The molecular weight excluding hydrogens is 492 g/mol. The van der Waals surface area contributed by atoms with E-state index in [-0.39, 0.29) is 24.8 Å². The highest BCUT2D eigenvalue weighted by Crippen LogP contribution is 2.40. The van der Waals surface area contributed by atoms with Crippen LogP contribution in [0.25, 0.3) is 10.2 Å². The van der Waals surface area contributed by atoms with Gasteiger partial charge in [0, 0.05) is 32.2 Å². The van der Waals surface area contributed by atoms with Gasteiger partial charge in [0.25, 0.3) is 5.91 Å².